The minimum absolute atomic E-state index is 0.0769. The van der Waals surface area contributed by atoms with E-state index in [0.29, 0.717) is 10.7 Å². The van der Waals surface area contributed by atoms with Gasteiger partial charge in [0.1, 0.15) is 12.4 Å². The Labute approximate surface area is 180 Å². The Morgan fingerprint density at radius 1 is 1.09 bits per heavy atom. The average Bonchev–Trinajstić information content (AvgIpc) is 3.17. The van der Waals surface area contributed by atoms with E-state index >= 15 is 0 Å². The second-order valence-electron chi connectivity index (χ2n) is 7.14. The molecule has 1 N–H and O–H groups in total. The molecule has 0 radical (unpaired) electrons. The van der Waals surface area contributed by atoms with Crippen LogP contribution in [0.25, 0.3) is 28.2 Å². The number of rotatable bonds is 4. The minimum atomic E-state index is -4.53. The Bertz CT molecular complexity index is 1270. The number of amides is 2. The molecule has 2 aromatic carbocycles. The first-order valence-corrected chi connectivity index (χ1v) is 9.48. The Morgan fingerprint density at radius 2 is 1.84 bits per heavy atom. The van der Waals surface area contributed by atoms with Crippen molar-refractivity contribution in [3.63, 3.8) is 0 Å². The van der Waals surface area contributed by atoms with Crippen molar-refractivity contribution >= 4 is 17.5 Å². The van der Waals surface area contributed by atoms with Crippen molar-refractivity contribution in [3.05, 3.63) is 72.9 Å². The Kier molecular flexibility index (Phi) is 5.52. The third-order valence-electron chi connectivity index (χ3n) is 4.67. The van der Waals surface area contributed by atoms with Crippen LogP contribution in [-0.2, 0) is 0 Å². The highest BCUT2D eigenvalue weighted by Crippen LogP contribution is 2.27. The van der Waals surface area contributed by atoms with Gasteiger partial charge < -0.3 is 10.2 Å². The van der Waals surface area contributed by atoms with Crippen LogP contribution in [0, 0.1) is 5.82 Å². The summed E-state index contributed by atoms with van der Waals surface area (Å²) in [4.78, 5) is 21.1. The lowest BCUT2D eigenvalue weighted by atomic mass is 10.1. The van der Waals surface area contributed by atoms with Crippen LogP contribution in [0.5, 0.6) is 0 Å². The van der Waals surface area contributed by atoms with Crippen LogP contribution in [0.15, 0.2) is 67.1 Å². The molecule has 0 saturated carbocycles. The second kappa shape index (κ2) is 8.29. The summed E-state index contributed by atoms with van der Waals surface area (Å²) in [7, 11) is 1.02. The second-order valence-corrected chi connectivity index (χ2v) is 7.14. The number of urea groups is 1. The fourth-order valence-electron chi connectivity index (χ4n) is 3.15. The van der Waals surface area contributed by atoms with Crippen LogP contribution < -0.4 is 5.32 Å². The largest absolute Gasteiger partial charge is 0.406 e. The molecule has 0 aliphatic rings. The lowest BCUT2D eigenvalue weighted by molar-refractivity contribution is -0.137. The summed E-state index contributed by atoms with van der Waals surface area (Å²) in [5.41, 5.74) is 2.27. The molecule has 4 aromatic rings. The minimum Gasteiger partial charge on any atom is -0.318 e. The highest BCUT2D eigenvalue weighted by Gasteiger charge is 2.31. The first-order valence-electron chi connectivity index (χ1n) is 9.48. The van der Waals surface area contributed by atoms with Crippen LogP contribution in [-0.4, -0.2) is 45.1 Å². The van der Waals surface area contributed by atoms with Crippen molar-refractivity contribution in [2.75, 3.05) is 18.9 Å². The van der Waals surface area contributed by atoms with Crippen molar-refractivity contribution in [2.24, 2.45) is 0 Å². The molecule has 4 rings (SSSR count). The quantitative estimate of drug-likeness (QED) is 0.440. The first-order chi connectivity index (χ1) is 15.2. The number of hydrogen-bond acceptors (Lipinski definition) is 3. The topological polar surface area (TPSA) is 62.5 Å². The standard InChI is InChI=1S/C22H17F4N5O/c1-30(13-22(24,25)26)21(32)28-16-7-8-18(23)17(9-16)19-12-31-11-15(10-27-20(31)29-19)14-5-3-2-4-6-14/h2-12H,13H2,1H3,(H,28,32). The van der Waals surface area contributed by atoms with Gasteiger partial charge in [-0.05, 0) is 23.8 Å². The fraction of sp³-hybridized carbons (Fsp3) is 0.136. The summed E-state index contributed by atoms with van der Waals surface area (Å²) in [6.07, 6.45) is 0.533. The highest BCUT2D eigenvalue weighted by molar-refractivity contribution is 5.90. The van der Waals surface area contributed by atoms with Crippen molar-refractivity contribution in [2.45, 2.75) is 6.18 Å². The van der Waals surface area contributed by atoms with E-state index in [4.69, 9.17) is 0 Å². The van der Waals surface area contributed by atoms with E-state index in [1.807, 2.05) is 36.5 Å². The molecular formula is C22H17F4N5O. The molecule has 0 atom stereocenters. The number of alkyl halides is 3. The summed E-state index contributed by atoms with van der Waals surface area (Å²) in [5, 5.41) is 2.34. The van der Waals surface area contributed by atoms with Gasteiger partial charge in [0.05, 0.1) is 5.69 Å². The van der Waals surface area contributed by atoms with Crippen molar-refractivity contribution in [1.29, 1.82) is 0 Å². The van der Waals surface area contributed by atoms with Gasteiger partial charge in [-0.2, -0.15) is 13.2 Å². The normalized spacial score (nSPS) is 11.5. The zero-order chi connectivity index (χ0) is 22.9. The fourth-order valence-corrected chi connectivity index (χ4v) is 3.15. The zero-order valence-corrected chi connectivity index (χ0v) is 16.8. The van der Waals surface area contributed by atoms with Gasteiger partial charge in [-0.3, -0.25) is 4.40 Å². The van der Waals surface area contributed by atoms with Crippen LogP contribution >= 0.6 is 0 Å². The molecule has 2 heterocycles. The number of carbonyl (C=O) groups is 1. The van der Waals surface area contributed by atoms with E-state index in [0.717, 1.165) is 24.2 Å². The maximum atomic E-state index is 14.5. The van der Waals surface area contributed by atoms with Gasteiger partial charge in [0.25, 0.3) is 0 Å². The van der Waals surface area contributed by atoms with E-state index in [-0.39, 0.29) is 16.9 Å². The van der Waals surface area contributed by atoms with Gasteiger partial charge in [-0.15, -0.1) is 0 Å². The third kappa shape index (κ3) is 4.69. The zero-order valence-electron chi connectivity index (χ0n) is 16.8. The Hall–Kier alpha value is -3.95. The number of carbonyl (C=O) groups excluding carboxylic acids is 1. The lowest BCUT2D eigenvalue weighted by Gasteiger charge is -2.19. The average molecular weight is 443 g/mol. The number of imidazole rings is 1. The summed E-state index contributed by atoms with van der Waals surface area (Å²) in [6, 6.07) is 12.3. The predicted molar refractivity (Wildman–Crippen MR) is 112 cm³/mol. The number of hydrogen-bond donors (Lipinski definition) is 1. The van der Waals surface area contributed by atoms with E-state index in [2.05, 4.69) is 15.3 Å². The van der Waals surface area contributed by atoms with Gasteiger partial charge in [0.15, 0.2) is 0 Å². The Balaban J connectivity index is 1.61. The first kappa shape index (κ1) is 21.3. The maximum Gasteiger partial charge on any atom is 0.406 e. The molecule has 164 valence electrons. The highest BCUT2D eigenvalue weighted by atomic mass is 19.4. The number of anilines is 1. The molecule has 6 nitrogen and oxygen atoms in total. The summed E-state index contributed by atoms with van der Waals surface area (Å²) >= 11 is 0. The molecule has 0 fully saturated rings. The summed E-state index contributed by atoms with van der Waals surface area (Å²) in [5.74, 6) is -0.253. The molecule has 0 unspecified atom stereocenters. The third-order valence-corrected chi connectivity index (χ3v) is 4.67. The van der Waals surface area contributed by atoms with Crippen molar-refractivity contribution < 1.29 is 22.4 Å². The summed E-state index contributed by atoms with van der Waals surface area (Å²) < 4.78 is 53.6. The monoisotopic (exact) mass is 443 g/mol. The molecule has 0 aliphatic carbocycles. The van der Waals surface area contributed by atoms with Crippen LogP contribution in [0.1, 0.15) is 0 Å². The molecule has 0 saturated heterocycles. The van der Waals surface area contributed by atoms with Gasteiger partial charge in [0.2, 0.25) is 5.78 Å². The maximum absolute atomic E-state index is 14.5. The molecular weight excluding hydrogens is 426 g/mol. The Morgan fingerprint density at radius 3 is 2.56 bits per heavy atom. The number of fused-ring (bicyclic) bond motifs is 1. The van der Waals surface area contributed by atoms with Crippen molar-refractivity contribution in [3.8, 4) is 22.4 Å². The number of halogens is 4. The van der Waals surface area contributed by atoms with Gasteiger partial charge in [-0.1, -0.05) is 30.3 Å². The smallest absolute Gasteiger partial charge is 0.318 e. The van der Waals surface area contributed by atoms with Gasteiger partial charge >= 0.3 is 12.2 Å². The van der Waals surface area contributed by atoms with E-state index < -0.39 is 24.6 Å². The number of benzene rings is 2. The van der Waals surface area contributed by atoms with Crippen LogP contribution in [0.2, 0.25) is 0 Å². The van der Waals surface area contributed by atoms with Crippen LogP contribution in [0.3, 0.4) is 0 Å². The number of nitrogens with zero attached hydrogens (tertiary/aromatic N) is 4. The van der Waals surface area contributed by atoms with E-state index in [9.17, 15) is 22.4 Å². The summed E-state index contributed by atoms with van der Waals surface area (Å²) in [6.45, 7) is -1.41. The SMILES string of the molecule is CN(CC(F)(F)F)C(=O)Nc1ccc(F)c(-c2cn3cc(-c4ccccc4)cnc3n2)c1. The molecule has 0 bridgehead atoms. The lowest BCUT2D eigenvalue weighted by Crippen LogP contribution is -2.38. The molecule has 2 amide bonds. The molecule has 0 spiro atoms. The van der Waals surface area contributed by atoms with Gasteiger partial charge in [-0.25, -0.2) is 19.2 Å². The number of aromatic nitrogens is 3. The van der Waals surface area contributed by atoms with Crippen LogP contribution in [0.4, 0.5) is 28.0 Å². The molecule has 32 heavy (non-hydrogen) atoms. The predicted octanol–water partition coefficient (Wildman–Crippen LogP) is 5.23. The van der Waals surface area contributed by atoms with E-state index in [1.54, 1.807) is 16.8 Å². The van der Waals surface area contributed by atoms with Crippen molar-refractivity contribution in [1.82, 2.24) is 19.3 Å². The molecule has 0 aliphatic heterocycles. The van der Waals surface area contributed by atoms with E-state index in [1.165, 1.54) is 12.1 Å². The molecule has 10 heteroatoms. The number of nitrogens with one attached hydrogen (secondary N) is 1. The van der Waals surface area contributed by atoms with Gasteiger partial charge in [0, 0.05) is 42.5 Å². The molecule has 2 aromatic heterocycles.